The molecule has 0 aromatic heterocycles. The second kappa shape index (κ2) is 5.88. The molecule has 2 saturated heterocycles. The van der Waals surface area contributed by atoms with Crippen molar-refractivity contribution in [3.05, 3.63) is 0 Å². The van der Waals surface area contributed by atoms with Gasteiger partial charge in [0.05, 0.1) is 11.5 Å². The van der Waals surface area contributed by atoms with Gasteiger partial charge in [-0.25, -0.2) is 4.79 Å². The Morgan fingerprint density at radius 3 is 2.62 bits per heavy atom. The van der Waals surface area contributed by atoms with Gasteiger partial charge in [-0.15, -0.1) is 0 Å². The lowest BCUT2D eigenvalue weighted by molar-refractivity contribution is -0.193. The number of carbonyl (C=O) groups is 2. The van der Waals surface area contributed by atoms with Crippen molar-refractivity contribution in [3.63, 3.8) is 0 Å². The van der Waals surface area contributed by atoms with Crippen LogP contribution in [0.15, 0.2) is 0 Å². The molecule has 1 saturated carbocycles. The molecule has 3 aliphatic rings. The molecule has 136 valence electrons. The lowest BCUT2D eigenvalue weighted by atomic mass is 9.90. The molecular formula is C17H26O7. The van der Waals surface area contributed by atoms with Crippen LogP contribution in [0.3, 0.4) is 0 Å². The van der Waals surface area contributed by atoms with Crippen LogP contribution >= 0.6 is 0 Å². The van der Waals surface area contributed by atoms with Gasteiger partial charge in [0.2, 0.25) is 0 Å². The maximum absolute atomic E-state index is 12.1. The fourth-order valence-electron chi connectivity index (χ4n) is 3.49. The molecule has 0 aromatic rings. The van der Waals surface area contributed by atoms with Crippen molar-refractivity contribution in [2.45, 2.75) is 77.7 Å². The summed E-state index contributed by atoms with van der Waals surface area (Å²) in [4.78, 5) is 23.9. The molecule has 1 aliphatic carbocycles. The fourth-order valence-corrected chi connectivity index (χ4v) is 3.49. The molecule has 0 bridgehead atoms. The fraction of sp³-hybridized carbons (Fsp3) is 0.882. The molecule has 5 atom stereocenters. The van der Waals surface area contributed by atoms with E-state index in [0.717, 1.165) is 0 Å². The Kier molecular flexibility index (Phi) is 4.28. The Morgan fingerprint density at radius 2 is 1.96 bits per heavy atom. The number of rotatable bonds is 4. The highest BCUT2D eigenvalue weighted by Gasteiger charge is 2.59. The molecule has 0 amide bonds. The van der Waals surface area contributed by atoms with Crippen LogP contribution in [-0.4, -0.2) is 48.9 Å². The Morgan fingerprint density at radius 1 is 1.25 bits per heavy atom. The Hall–Kier alpha value is -1.34. The largest absolute Gasteiger partial charge is 0.509 e. The van der Waals surface area contributed by atoms with Crippen molar-refractivity contribution < 1.29 is 33.3 Å². The van der Waals surface area contributed by atoms with Gasteiger partial charge in [0, 0.05) is 5.92 Å². The van der Waals surface area contributed by atoms with Crippen molar-refractivity contribution in [2.24, 2.45) is 11.3 Å². The maximum atomic E-state index is 12.1. The standard InChI is InChI=1S/C17H26O7/c1-6-16(2,3)14(18)20-8-11-9-7-10-13(24-17(4,5)23-10)12(9)22-15(19)21-11/h9-13H,6-8H2,1-5H3. The smallest absolute Gasteiger partial charge is 0.461 e. The van der Waals surface area contributed by atoms with Gasteiger partial charge >= 0.3 is 12.1 Å². The summed E-state index contributed by atoms with van der Waals surface area (Å²) in [5.41, 5.74) is -0.559. The van der Waals surface area contributed by atoms with Crippen molar-refractivity contribution >= 4 is 12.1 Å². The third-order valence-electron chi connectivity index (χ3n) is 5.24. The first-order valence-electron chi connectivity index (χ1n) is 8.53. The molecule has 0 radical (unpaired) electrons. The molecule has 0 spiro atoms. The van der Waals surface area contributed by atoms with Crippen molar-refractivity contribution in [3.8, 4) is 0 Å². The molecule has 24 heavy (non-hydrogen) atoms. The minimum absolute atomic E-state index is 0.0291. The van der Waals surface area contributed by atoms with Crippen LogP contribution < -0.4 is 0 Å². The molecule has 2 heterocycles. The van der Waals surface area contributed by atoms with Crippen LogP contribution in [0.4, 0.5) is 4.79 Å². The lowest BCUT2D eigenvalue weighted by Gasteiger charge is -2.35. The minimum atomic E-state index is -0.749. The van der Waals surface area contributed by atoms with Crippen LogP contribution in [0.2, 0.25) is 0 Å². The topological polar surface area (TPSA) is 80.3 Å². The molecular weight excluding hydrogens is 316 g/mol. The number of hydrogen-bond donors (Lipinski definition) is 0. The molecule has 0 N–H and O–H groups in total. The zero-order valence-electron chi connectivity index (χ0n) is 14.9. The minimum Gasteiger partial charge on any atom is -0.461 e. The summed E-state index contributed by atoms with van der Waals surface area (Å²) in [7, 11) is 0. The summed E-state index contributed by atoms with van der Waals surface area (Å²) in [5.74, 6) is -1.08. The highest BCUT2D eigenvalue weighted by atomic mass is 16.8. The van der Waals surface area contributed by atoms with Gasteiger partial charge in [-0.1, -0.05) is 6.92 Å². The van der Waals surface area contributed by atoms with Crippen molar-refractivity contribution in [1.29, 1.82) is 0 Å². The zero-order chi connectivity index (χ0) is 17.7. The molecule has 2 aliphatic heterocycles. The SMILES string of the molecule is CCC(C)(C)C(=O)OCC1OC(=O)OC2C1CC1OC(C)(C)OC12. The van der Waals surface area contributed by atoms with Crippen LogP contribution in [0.5, 0.6) is 0 Å². The van der Waals surface area contributed by atoms with Gasteiger partial charge in [-0.05, 0) is 40.5 Å². The van der Waals surface area contributed by atoms with Crippen molar-refractivity contribution in [1.82, 2.24) is 0 Å². The third-order valence-corrected chi connectivity index (χ3v) is 5.24. The van der Waals surface area contributed by atoms with E-state index in [1.807, 2.05) is 34.6 Å². The van der Waals surface area contributed by atoms with Gasteiger partial charge in [-0.3, -0.25) is 4.79 Å². The number of ether oxygens (including phenoxy) is 5. The van der Waals surface area contributed by atoms with E-state index < -0.39 is 29.6 Å². The second-order valence-corrected chi connectivity index (χ2v) is 7.86. The van der Waals surface area contributed by atoms with E-state index in [1.165, 1.54) is 0 Å². The first kappa shape index (κ1) is 17.5. The average Bonchev–Trinajstić information content (AvgIpc) is 2.96. The van der Waals surface area contributed by atoms with E-state index in [0.29, 0.717) is 12.8 Å². The Balaban J connectivity index is 1.66. The first-order chi connectivity index (χ1) is 11.1. The van der Waals surface area contributed by atoms with Gasteiger partial charge in [0.1, 0.15) is 24.9 Å². The Bertz CT molecular complexity index is 527. The molecule has 3 rings (SSSR count). The van der Waals surface area contributed by atoms with E-state index in [9.17, 15) is 9.59 Å². The lowest BCUT2D eigenvalue weighted by Crippen LogP contribution is -2.48. The monoisotopic (exact) mass is 342 g/mol. The van der Waals surface area contributed by atoms with Crippen LogP contribution in [0, 0.1) is 11.3 Å². The van der Waals surface area contributed by atoms with E-state index >= 15 is 0 Å². The highest BCUT2D eigenvalue weighted by molar-refractivity contribution is 5.75. The third kappa shape index (κ3) is 3.11. The summed E-state index contributed by atoms with van der Waals surface area (Å²) in [5, 5.41) is 0. The summed E-state index contributed by atoms with van der Waals surface area (Å²) in [6.45, 7) is 9.30. The molecule has 3 fully saturated rings. The molecule has 7 heteroatoms. The van der Waals surface area contributed by atoms with Gasteiger partial charge in [-0.2, -0.15) is 0 Å². The van der Waals surface area contributed by atoms with Gasteiger partial charge in [0.25, 0.3) is 0 Å². The number of carbonyl (C=O) groups excluding carboxylic acids is 2. The quantitative estimate of drug-likeness (QED) is 0.726. The normalized spacial score (nSPS) is 37.2. The second-order valence-electron chi connectivity index (χ2n) is 7.86. The Labute approximate surface area is 141 Å². The number of hydrogen-bond acceptors (Lipinski definition) is 7. The highest BCUT2D eigenvalue weighted by Crippen LogP contribution is 2.46. The van der Waals surface area contributed by atoms with E-state index in [2.05, 4.69) is 0 Å². The van der Waals surface area contributed by atoms with Crippen LogP contribution in [-0.2, 0) is 28.5 Å². The summed E-state index contributed by atoms with van der Waals surface area (Å²) >= 11 is 0. The summed E-state index contributed by atoms with van der Waals surface area (Å²) in [6.07, 6.45) is -0.841. The maximum Gasteiger partial charge on any atom is 0.509 e. The van der Waals surface area contributed by atoms with Crippen LogP contribution in [0.1, 0.15) is 47.5 Å². The average molecular weight is 342 g/mol. The van der Waals surface area contributed by atoms with Gasteiger partial charge in [0.15, 0.2) is 5.79 Å². The summed E-state index contributed by atoms with van der Waals surface area (Å²) in [6, 6.07) is 0. The van der Waals surface area contributed by atoms with Crippen molar-refractivity contribution in [2.75, 3.05) is 6.61 Å². The van der Waals surface area contributed by atoms with Crippen LogP contribution in [0.25, 0.3) is 0 Å². The predicted molar refractivity (Wildman–Crippen MR) is 82.1 cm³/mol. The summed E-state index contributed by atoms with van der Waals surface area (Å²) < 4.78 is 27.7. The first-order valence-corrected chi connectivity index (χ1v) is 8.53. The number of esters is 1. The van der Waals surface area contributed by atoms with E-state index in [-0.39, 0.29) is 30.7 Å². The number of fused-ring (bicyclic) bond motifs is 3. The molecule has 5 unspecified atom stereocenters. The number of cyclic esters (lactones) is 1. The molecule has 7 nitrogen and oxygen atoms in total. The molecule has 0 aromatic carbocycles. The zero-order valence-corrected chi connectivity index (χ0v) is 14.9. The van der Waals surface area contributed by atoms with E-state index in [1.54, 1.807) is 0 Å². The van der Waals surface area contributed by atoms with Gasteiger partial charge < -0.3 is 23.7 Å². The van der Waals surface area contributed by atoms with E-state index in [4.69, 9.17) is 23.7 Å². The predicted octanol–water partition coefficient (Wildman–Crippen LogP) is 2.41.